The first-order chi connectivity index (χ1) is 8.42. The highest BCUT2D eigenvalue weighted by molar-refractivity contribution is 6.31. The fourth-order valence-corrected chi connectivity index (χ4v) is 1.25. The quantitative estimate of drug-likeness (QED) is 0.579. The van der Waals surface area contributed by atoms with Crippen molar-refractivity contribution in [1.82, 2.24) is 0 Å². The van der Waals surface area contributed by atoms with Crippen molar-refractivity contribution in [1.29, 1.82) is 0 Å². The highest BCUT2D eigenvalue weighted by atomic mass is 35.5. The third-order valence-corrected chi connectivity index (χ3v) is 2.45. The number of carbonyl (C=O) groups is 1. The minimum atomic E-state index is -0.364. The van der Waals surface area contributed by atoms with Crippen molar-refractivity contribution in [2.24, 2.45) is 0 Å². The molecule has 1 aromatic rings. The molecule has 0 atom stereocenters. The average Bonchev–Trinajstić information content (AvgIpc) is 2.32. The maximum absolute atomic E-state index is 11.0. The summed E-state index contributed by atoms with van der Waals surface area (Å²) in [6.07, 6.45) is 3.76. The molecule has 0 saturated heterocycles. The van der Waals surface area contributed by atoms with E-state index >= 15 is 0 Å². The van der Waals surface area contributed by atoms with Gasteiger partial charge < -0.3 is 4.74 Å². The molecule has 0 aliphatic rings. The Morgan fingerprint density at radius 2 is 2.00 bits per heavy atom. The number of ether oxygens (including phenoxy) is 1. The minimum Gasteiger partial charge on any atom is -0.465 e. The summed E-state index contributed by atoms with van der Waals surface area (Å²) in [7, 11) is 1.34. The van der Waals surface area contributed by atoms with Gasteiger partial charge in [0.2, 0.25) is 0 Å². The smallest absolute Gasteiger partial charge is 0.337 e. The largest absolute Gasteiger partial charge is 0.465 e. The first-order valence-corrected chi connectivity index (χ1v) is 5.90. The number of hydrogen-bond donors (Lipinski definition) is 0. The molecule has 98 valence electrons. The Hall–Kier alpha value is -1.54. The van der Waals surface area contributed by atoms with Gasteiger partial charge in [-0.2, -0.15) is 0 Å². The Kier molecular flexibility index (Phi) is 7.81. The number of benzene rings is 1. The summed E-state index contributed by atoms with van der Waals surface area (Å²) in [5.74, 6) is -0.364. The van der Waals surface area contributed by atoms with E-state index in [2.05, 4.69) is 11.3 Å². The second-order valence-corrected chi connectivity index (χ2v) is 4.34. The predicted octanol–water partition coefficient (Wildman–Crippen LogP) is 4.57. The molecule has 0 fully saturated rings. The van der Waals surface area contributed by atoms with Gasteiger partial charge in [-0.1, -0.05) is 42.0 Å². The third-order valence-electron chi connectivity index (χ3n) is 2.04. The molecule has 0 unspecified atom stereocenters. The van der Waals surface area contributed by atoms with Crippen LogP contribution in [-0.2, 0) is 4.74 Å². The lowest BCUT2D eigenvalue weighted by Crippen LogP contribution is -2.00. The van der Waals surface area contributed by atoms with Gasteiger partial charge in [0.25, 0.3) is 0 Å². The predicted molar refractivity (Wildman–Crippen MR) is 77.2 cm³/mol. The summed E-state index contributed by atoms with van der Waals surface area (Å²) in [4.78, 5) is 11.0. The number of allylic oxidation sites excluding steroid dienone is 3. The van der Waals surface area contributed by atoms with Gasteiger partial charge in [-0.05, 0) is 38.5 Å². The summed E-state index contributed by atoms with van der Waals surface area (Å²) in [5, 5.41) is 0.581. The van der Waals surface area contributed by atoms with Crippen LogP contribution in [-0.4, -0.2) is 13.1 Å². The first kappa shape index (κ1) is 16.5. The molecule has 0 aliphatic carbocycles. The summed E-state index contributed by atoms with van der Waals surface area (Å²) in [6.45, 7) is 9.49. The van der Waals surface area contributed by atoms with Gasteiger partial charge in [-0.3, -0.25) is 0 Å². The molecule has 0 saturated carbocycles. The molecular formula is C15H19ClO2. The Morgan fingerprint density at radius 1 is 1.39 bits per heavy atom. The van der Waals surface area contributed by atoms with E-state index in [-0.39, 0.29) is 5.97 Å². The van der Waals surface area contributed by atoms with E-state index in [9.17, 15) is 4.79 Å². The molecule has 18 heavy (non-hydrogen) atoms. The standard InChI is InChI=1S/C9H9ClO2.C6H10/c1-6-3-4-7(5-8(6)10)9(11)12-2;1-4-5-6(2)3/h3-5H,1-2H3;4-5H,1H2,2-3H3. The van der Waals surface area contributed by atoms with Crippen molar-refractivity contribution in [2.45, 2.75) is 20.8 Å². The molecule has 0 N–H and O–H groups in total. The van der Waals surface area contributed by atoms with Gasteiger partial charge >= 0.3 is 5.97 Å². The van der Waals surface area contributed by atoms with Gasteiger partial charge in [0, 0.05) is 5.02 Å². The summed E-state index contributed by atoms with van der Waals surface area (Å²) in [6, 6.07) is 5.07. The van der Waals surface area contributed by atoms with Crippen LogP contribution in [0, 0.1) is 6.92 Å². The molecule has 0 heterocycles. The van der Waals surface area contributed by atoms with Gasteiger partial charge in [-0.25, -0.2) is 4.79 Å². The molecule has 2 nitrogen and oxygen atoms in total. The molecule has 0 spiro atoms. The van der Waals surface area contributed by atoms with Gasteiger partial charge in [0.15, 0.2) is 0 Å². The van der Waals surface area contributed by atoms with E-state index in [0.717, 1.165) is 5.56 Å². The number of halogens is 1. The Bertz CT molecular complexity index is 444. The normalized spacial score (nSPS) is 8.72. The molecule has 0 aliphatic heterocycles. The maximum Gasteiger partial charge on any atom is 0.337 e. The van der Waals surface area contributed by atoms with Crippen molar-refractivity contribution < 1.29 is 9.53 Å². The fraction of sp³-hybridized carbons (Fsp3) is 0.267. The number of methoxy groups -OCH3 is 1. The number of hydrogen-bond acceptors (Lipinski definition) is 2. The number of rotatable bonds is 2. The number of esters is 1. The molecule has 0 bridgehead atoms. The zero-order valence-electron chi connectivity index (χ0n) is 11.3. The lowest BCUT2D eigenvalue weighted by molar-refractivity contribution is 0.0600. The van der Waals surface area contributed by atoms with Crippen LogP contribution in [0.2, 0.25) is 5.02 Å². The zero-order valence-corrected chi connectivity index (χ0v) is 12.0. The van der Waals surface area contributed by atoms with E-state index in [4.69, 9.17) is 11.6 Å². The first-order valence-electron chi connectivity index (χ1n) is 5.52. The molecule has 0 amide bonds. The van der Waals surface area contributed by atoms with Crippen molar-refractivity contribution in [2.75, 3.05) is 7.11 Å². The van der Waals surface area contributed by atoms with E-state index in [1.54, 1.807) is 24.3 Å². The average molecular weight is 267 g/mol. The molecule has 1 aromatic carbocycles. The second kappa shape index (κ2) is 8.54. The lowest BCUT2D eigenvalue weighted by Gasteiger charge is -2.01. The summed E-state index contributed by atoms with van der Waals surface area (Å²) < 4.78 is 4.53. The minimum absolute atomic E-state index is 0.364. The second-order valence-electron chi connectivity index (χ2n) is 3.94. The van der Waals surface area contributed by atoms with Crippen LogP contribution in [0.15, 0.2) is 42.5 Å². The van der Waals surface area contributed by atoms with Gasteiger partial charge in [-0.15, -0.1) is 0 Å². The molecule has 3 heteroatoms. The van der Waals surface area contributed by atoms with Crippen LogP contribution in [0.25, 0.3) is 0 Å². The van der Waals surface area contributed by atoms with Crippen LogP contribution < -0.4 is 0 Å². The van der Waals surface area contributed by atoms with E-state index in [1.807, 2.05) is 26.8 Å². The van der Waals surface area contributed by atoms with Gasteiger partial charge in [0.05, 0.1) is 12.7 Å². The van der Waals surface area contributed by atoms with Crippen molar-refractivity contribution in [3.05, 3.63) is 58.7 Å². The highest BCUT2D eigenvalue weighted by Gasteiger charge is 2.05. The fourth-order valence-electron chi connectivity index (χ4n) is 1.07. The lowest BCUT2D eigenvalue weighted by atomic mass is 10.1. The Labute approximate surface area is 114 Å². The van der Waals surface area contributed by atoms with Crippen LogP contribution in [0.5, 0.6) is 0 Å². The third kappa shape index (κ3) is 6.26. The summed E-state index contributed by atoms with van der Waals surface area (Å²) >= 11 is 5.81. The van der Waals surface area contributed by atoms with Gasteiger partial charge in [0.1, 0.15) is 0 Å². The maximum atomic E-state index is 11.0. The van der Waals surface area contributed by atoms with Crippen LogP contribution in [0.3, 0.4) is 0 Å². The molecule has 0 aromatic heterocycles. The van der Waals surface area contributed by atoms with E-state index in [1.165, 1.54) is 12.7 Å². The number of carbonyl (C=O) groups excluding carboxylic acids is 1. The SMILES string of the molecule is C=CC=C(C)C.COC(=O)c1ccc(C)c(Cl)c1. The zero-order chi connectivity index (χ0) is 14.1. The molecule has 0 radical (unpaired) electrons. The van der Waals surface area contributed by atoms with E-state index < -0.39 is 0 Å². The van der Waals surface area contributed by atoms with E-state index in [0.29, 0.717) is 10.6 Å². The topological polar surface area (TPSA) is 26.3 Å². The monoisotopic (exact) mass is 266 g/mol. The molecule has 1 rings (SSSR count). The van der Waals surface area contributed by atoms with Crippen LogP contribution >= 0.6 is 11.6 Å². The summed E-state index contributed by atoms with van der Waals surface area (Å²) in [5.41, 5.74) is 2.72. The van der Waals surface area contributed by atoms with Crippen molar-refractivity contribution in [3.8, 4) is 0 Å². The van der Waals surface area contributed by atoms with Crippen molar-refractivity contribution in [3.63, 3.8) is 0 Å². The Balaban J connectivity index is 0.000000411. The molecular weight excluding hydrogens is 248 g/mol. The number of aryl methyl sites for hydroxylation is 1. The van der Waals surface area contributed by atoms with Crippen molar-refractivity contribution >= 4 is 17.6 Å². The van der Waals surface area contributed by atoms with Crippen LogP contribution in [0.4, 0.5) is 0 Å². The van der Waals surface area contributed by atoms with Crippen LogP contribution in [0.1, 0.15) is 29.8 Å². The highest BCUT2D eigenvalue weighted by Crippen LogP contribution is 2.16. The Morgan fingerprint density at radius 3 is 2.33 bits per heavy atom.